The predicted octanol–water partition coefficient (Wildman–Crippen LogP) is 2.08. The molecule has 2 atom stereocenters. The second-order valence-corrected chi connectivity index (χ2v) is 7.16. The lowest BCUT2D eigenvalue weighted by molar-refractivity contribution is -0.159. The maximum absolute atomic E-state index is 12.9. The standard InChI is InChI=1S/C19H32N2O3/c1-14(2)10-19(17(22)11-20,21-12-15(3)4)18(23)24-13-16-8-6-5-7-9-16/h5-9,14-15,17,21-22H,10-13,20H2,1-4H3. The average molecular weight is 336 g/mol. The van der Waals surface area contributed by atoms with Crippen molar-refractivity contribution in [1.29, 1.82) is 0 Å². The second-order valence-electron chi connectivity index (χ2n) is 7.16. The van der Waals surface area contributed by atoms with Crippen LogP contribution in [0.1, 0.15) is 39.7 Å². The molecule has 0 aliphatic heterocycles. The Morgan fingerprint density at radius 3 is 2.33 bits per heavy atom. The number of carbonyl (C=O) groups excluding carboxylic acids is 1. The molecule has 0 aliphatic rings. The van der Waals surface area contributed by atoms with E-state index in [0.29, 0.717) is 18.9 Å². The van der Waals surface area contributed by atoms with Crippen molar-refractivity contribution >= 4 is 5.97 Å². The third kappa shape index (κ3) is 5.89. The molecule has 0 saturated carbocycles. The van der Waals surface area contributed by atoms with Gasteiger partial charge in [-0.15, -0.1) is 0 Å². The van der Waals surface area contributed by atoms with Crippen molar-refractivity contribution in [2.45, 2.75) is 52.4 Å². The van der Waals surface area contributed by atoms with Crippen LogP contribution in [0.2, 0.25) is 0 Å². The van der Waals surface area contributed by atoms with Crippen molar-refractivity contribution in [3.05, 3.63) is 35.9 Å². The number of esters is 1. The molecule has 0 amide bonds. The summed E-state index contributed by atoms with van der Waals surface area (Å²) >= 11 is 0. The number of aliphatic hydroxyl groups excluding tert-OH is 1. The van der Waals surface area contributed by atoms with E-state index in [1.54, 1.807) is 0 Å². The number of hydrogen-bond donors (Lipinski definition) is 3. The Labute approximate surface area is 145 Å². The Morgan fingerprint density at radius 1 is 1.21 bits per heavy atom. The first-order chi connectivity index (χ1) is 11.3. The Bertz CT molecular complexity index is 491. The van der Waals surface area contributed by atoms with E-state index in [1.165, 1.54) is 0 Å². The van der Waals surface area contributed by atoms with Gasteiger partial charge in [-0.25, -0.2) is 4.79 Å². The number of aliphatic hydroxyl groups is 1. The summed E-state index contributed by atoms with van der Waals surface area (Å²) in [5.41, 5.74) is 5.42. The van der Waals surface area contributed by atoms with Crippen LogP contribution < -0.4 is 11.1 Å². The molecule has 24 heavy (non-hydrogen) atoms. The molecule has 0 radical (unpaired) electrons. The van der Waals surface area contributed by atoms with E-state index >= 15 is 0 Å². The monoisotopic (exact) mass is 336 g/mol. The Kier molecular flexibility index (Phi) is 8.39. The molecule has 0 saturated heterocycles. The molecule has 0 heterocycles. The predicted molar refractivity (Wildman–Crippen MR) is 96.3 cm³/mol. The van der Waals surface area contributed by atoms with E-state index in [-0.39, 0.29) is 19.1 Å². The molecule has 136 valence electrons. The fourth-order valence-electron chi connectivity index (χ4n) is 2.70. The van der Waals surface area contributed by atoms with Crippen LogP contribution in [0, 0.1) is 11.8 Å². The SMILES string of the molecule is CC(C)CNC(CC(C)C)(C(=O)OCc1ccccc1)C(O)CN. The fraction of sp³-hybridized carbons (Fsp3) is 0.632. The van der Waals surface area contributed by atoms with Gasteiger partial charge in [0.05, 0.1) is 6.10 Å². The topological polar surface area (TPSA) is 84.6 Å². The van der Waals surface area contributed by atoms with Crippen LogP contribution in [0.3, 0.4) is 0 Å². The number of hydrogen-bond acceptors (Lipinski definition) is 5. The first-order valence-electron chi connectivity index (χ1n) is 8.66. The zero-order chi connectivity index (χ0) is 18.2. The molecular formula is C19H32N2O3. The molecule has 1 rings (SSSR count). The van der Waals surface area contributed by atoms with Gasteiger partial charge in [-0.1, -0.05) is 58.0 Å². The summed E-state index contributed by atoms with van der Waals surface area (Å²) in [6.07, 6.45) is -0.534. The lowest BCUT2D eigenvalue weighted by atomic mass is 9.83. The second kappa shape index (κ2) is 9.77. The van der Waals surface area contributed by atoms with E-state index in [1.807, 2.05) is 44.2 Å². The van der Waals surface area contributed by atoms with E-state index in [4.69, 9.17) is 10.5 Å². The van der Waals surface area contributed by atoms with Crippen LogP contribution in [0.4, 0.5) is 0 Å². The van der Waals surface area contributed by atoms with Crippen molar-refractivity contribution in [1.82, 2.24) is 5.32 Å². The van der Waals surface area contributed by atoms with E-state index < -0.39 is 17.6 Å². The van der Waals surface area contributed by atoms with Crippen molar-refractivity contribution in [2.75, 3.05) is 13.1 Å². The van der Waals surface area contributed by atoms with Crippen molar-refractivity contribution in [3.8, 4) is 0 Å². The summed E-state index contributed by atoms with van der Waals surface area (Å²) in [5, 5.41) is 13.8. The summed E-state index contributed by atoms with van der Waals surface area (Å²) < 4.78 is 5.53. The number of nitrogens with one attached hydrogen (secondary N) is 1. The average Bonchev–Trinajstić information content (AvgIpc) is 2.56. The zero-order valence-corrected chi connectivity index (χ0v) is 15.3. The van der Waals surface area contributed by atoms with Crippen LogP contribution in [-0.4, -0.2) is 35.8 Å². The molecule has 0 bridgehead atoms. The lowest BCUT2D eigenvalue weighted by Gasteiger charge is -2.38. The van der Waals surface area contributed by atoms with Crippen LogP contribution in [0.5, 0.6) is 0 Å². The molecule has 0 fully saturated rings. The number of ether oxygens (including phenoxy) is 1. The van der Waals surface area contributed by atoms with E-state index in [0.717, 1.165) is 5.56 Å². The molecular weight excluding hydrogens is 304 g/mol. The summed E-state index contributed by atoms with van der Waals surface area (Å²) in [7, 11) is 0. The van der Waals surface area contributed by atoms with Gasteiger partial charge in [0.2, 0.25) is 0 Å². The first-order valence-corrected chi connectivity index (χ1v) is 8.66. The van der Waals surface area contributed by atoms with E-state index in [9.17, 15) is 9.90 Å². The van der Waals surface area contributed by atoms with Gasteiger partial charge in [0.25, 0.3) is 0 Å². The van der Waals surface area contributed by atoms with Crippen LogP contribution >= 0.6 is 0 Å². The highest BCUT2D eigenvalue weighted by molar-refractivity contribution is 5.82. The smallest absolute Gasteiger partial charge is 0.329 e. The molecule has 4 N–H and O–H groups in total. The molecule has 5 heteroatoms. The Balaban J connectivity index is 2.96. The quantitative estimate of drug-likeness (QED) is 0.570. The van der Waals surface area contributed by atoms with Gasteiger partial charge in [0.1, 0.15) is 12.1 Å². The Hall–Kier alpha value is -1.43. The number of nitrogens with two attached hydrogens (primary N) is 1. The minimum absolute atomic E-state index is 0.00173. The minimum atomic E-state index is -1.18. The fourth-order valence-corrected chi connectivity index (χ4v) is 2.70. The molecule has 1 aromatic carbocycles. The van der Waals surface area contributed by atoms with Crippen LogP contribution in [-0.2, 0) is 16.1 Å². The lowest BCUT2D eigenvalue weighted by Crippen LogP contribution is -2.64. The van der Waals surface area contributed by atoms with Gasteiger partial charge in [0.15, 0.2) is 0 Å². The van der Waals surface area contributed by atoms with Gasteiger partial charge in [-0.2, -0.15) is 0 Å². The molecule has 0 aliphatic carbocycles. The van der Waals surface area contributed by atoms with Crippen molar-refractivity contribution in [3.63, 3.8) is 0 Å². The molecule has 1 aromatic rings. The van der Waals surface area contributed by atoms with Crippen molar-refractivity contribution in [2.24, 2.45) is 17.6 Å². The zero-order valence-electron chi connectivity index (χ0n) is 15.3. The highest BCUT2D eigenvalue weighted by Crippen LogP contribution is 2.24. The highest BCUT2D eigenvalue weighted by Gasteiger charge is 2.46. The number of benzene rings is 1. The minimum Gasteiger partial charge on any atom is -0.459 e. The van der Waals surface area contributed by atoms with Gasteiger partial charge < -0.3 is 15.6 Å². The van der Waals surface area contributed by atoms with Crippen molar-refractivity contribution < 1.29 is 14.6 Å². The van der Waals surface area contributed by atoms with Gasteiger partial charge in [-0.05, 0) is 30.4 Å². The third-order valence-corrected chi connectivity index (χ3v) is 3.93. The number of rotatable bonds is 10. The normalized spacial score (nSPS) is 15.3. The van der Waals surface area contributed by atoms with Gasteiger partial charge in [0, 0.05) is 6.54 Å². The molecule has 0 aromatic heterocycles. The highest BCUT2D eigenvalue weighted by atomic mass is 16.5. The maximum atomic E-state index is 12.9. The van der Waals surface area contributed by atoms with Gasteiger partial charge >= 0.3 is 5.97 Å². The summed E-state index contributed by atoms with van der Waals surface area (Å²) in [5.74, 6) is 0.0947. The van der Waals surface area contributed by atoms with E-state index in [2.05, 4.69) is 19.2 Å². The Morgan fingerprint density at radius 2 is 1.83 bits per heavy atom. The first kappa shape index (κ1) is 20.6. The largest absolute Gasteiger partial charge is 0.459 e. The number of carbonyl (C=O) groups is 1. The summed E-state index contributed by atoms with van der Waals surface area (Å²) in [6.45, 7) is 8.91. The maximum Gasteiger partial charge on any atom is 0.329 e. The molecule has 2 unspecified atom stereocenters. The van der Waals surface area contributed by atoms with Crippen LogP contribution in [0.25, 0.3) is 0 Å². The summed E-state index contributed by atoms with van der Waals surface area (Å²) in [4.78, 5) is 12.9. The van der Waals surface area contributed by atoms with Crippen LogP contribution in [0.15, 0.2) is 30.3 Å². The summed E-state index contributed by atoms with van der Waals surface area (Å²) in [6, 6.07) is 9.51. The van der Waals surface area contributed by atoms with Gasteiger partial charge in [-0.3, -0.25) is 5.32 Å². The molecule has 5 nitrogen and oxygen atoms in total. The molecule has 0 spiro atoms. The third-order valence-electron chi connectivity index (χ3n) is 3.93.